The molecule has 0 aliphatic rings. The van der Waals surface area contributed by atoms with Gasteiger partial charge in [0.15, 0.2) is 6.04 Å². The zero-order valence-corrected chi connectivity index (χ0v) is 9.99. The highest BCUT2D eigenvalue weighted by Crippen LogP contribution is 2.19. The summed E-state index contributed by atoms with van der Waals surface area (Å²) in [4.78, 5) is 32.4. The second-order valence-corrected chi connectivity index (χ2v) is 3.81. The second-order valence-electron chi connectivity index (χ2n) is 3.81. The maximum Gasteiger partial charge on any atom is 0.328 e. The summed E-state index contributed by atoms with van der Waals surface area (Å²) < 4.78 is 0. The van der Waals surface area contributed by atoms with Gasteiger partial charge in [0.2, 0.25) is 0 Å². The summed E-state index contributed by atoms with van der Waals surface area (Å²) in [5.74, 6) is -2.19. The molecular formula is C11H12N2O6. The van der Waals surface area contributed by atoms with Gasteiger partial charge in [-0.1, -0.05) is 6.07 Å². The van der Waals surface area contributed by atoms with Crippen molar-refractivity contribution in [2.24, 2.45) is 0 Å². The van der Waals surface area contributed by atoms with Crippen LogP contribution >= 0.6 is 0 Å². The molecule has 0 unspecified atom stereocenters. The van der Waals surface area contributed by atoms with Crippen LogP contribution in [0.25, 0.3) is 0 Å². The minimum atomic E-state index is -1.45. The van der Waals surface area contributed by atoms with E-state index in [-0.39, 0.29) is 11.3 Å². The van der Waals surface area contributed by atoms with Gasteiger partial charge in [0.05, 0.1) is 11.5 Å². The number of nitro groups is 1. The van der Waals surface area contributed by atoms with E-state index in [1.54, 1.807) is 0 Å². The van der Waals surface area contributed by atoms with Gasteiger partial charge in [-0.15, -0.1) is 0 Å². The van der Waals surface area contributed by atoms with E-state index in [0.717, 1.165) is 6.07 Å². The van der Waals surface area contributed by atoms with E-state index < -0.39 is 29.4 Å². The molecule has 1 amide bonds. The average Bonchev–Trinajstić information content (AvgIpc) is 2.35. The Balaban J connectivity index is 2.97. The van der Waals surface area contributed by atoms with E-state index in [1.165, 1.54) is 19.1 Å². The number of carboxylic acids is 1. The molecule has 8 nitrogen and oxygen atoms in total. The number of aryl methyl sites for hydroxylation is 1. The van der Waals surface area contributed by atoms with E-state index in [0.29, 0.717) is 5.56 Å². The van der Waals surface area contributed by atoms with Crippen LogP contribution in [0.2, 0.25) is 0 Å². The van der Waals surface area contributed by atoms with Gasteiger partial charge in [0, 0.05) is 17.2 Å². The summed E-state index contributed by atoms with van der Waals surface area (Å²) in [6, 6.07) is 2.34. The molecule has 0 radical (unpaired) electrons. The Morgan fingerprint density at radius 1 is 1.47 bits per heavy atom. The van der Waals surface area contributed by atoms with Crippen LogP contribution in [0.1, 0.15) is 15.9 Å². The number of aliphatic hydroxyl groups excluding tert-OH is 1. The van der Waals surface area contributed by atoms with E-state index in [4.69, 9.17) is 10.2 Å². The molecule has 102 valence electrons. The molecule has 0 bridgehead atoms. The standard InChI is InChI=1S/C11H12N2O6/c1-6-2-3-7(4-9(6)13(18)19)10(15)12-8(5-14)11(16)17/h2-4,8,14H,5H2,1H3,(H,12,15)(H,16,17)/t8-/m1/s1. The SMILES string of the molecule is Cc1ccc(C(=O)N[C@H](CO)C(=O)O)cc1[N+](=O)[O-]. The third-order valence-electron chi connectivity index (χ3n) is 2.45. The lowest BCUT2D eigenvalue weighted by Gasteiger charge is -2.11. The second kappa shape index (κ2) is 5.91. The maximum atomic E-state index is 11.7. The minimum Gasteiger partial charge on any atom is -0.480 e. The molecule has 0 saturated carbocycles. The first-order valence-electron chi connectivity index (χ1n) is 5.26. The lowest BCUT2D eigenvalue weighted by atomic mass is 10.1. The monoisotopic (exact) mass is 268 g/mol. The zero-order chi connectivity index (χ0) is 14.6. The highest BCUT2D eigenvalue weighted by atomic mass is 16.6. The summed E-state index contributed by atoms with van der Waals surface area (Å²) in [6.45, 7) is 0.753. The molecule has 0 fully saturated rings. The van der Waals surface area contributed by atoms with E-state index >= 15 is 0 Å². The van der Waals surface area contributed by atoms with Crippen molar-refractivity contribution < 1.29 is 24.7 Å². The van der Waals surface area contributed by atoms with Gasteiger partial charge in [0.1, 0.15) is 0 Å². The average molecular weight is 268 g/mol. The predicted molar refractivity (Wildman–Crippen MR) is 63.8 cm³/mol. The first kappa shape index (κ1) is 14.6. The molecule has 19 heavy (non-hydrogen) atoms. The third kappa shape index (κ3) is 3.49. The number of benzene rings is 1. The van der Waals surface area contributed by atoms with E-state index in [1.807, 2.05) is 0 Å². The van der Waals surface area contributed by atoms with Gasteiger partial charge < -0.3 is 15.5 Å². The van der Waals surface area contributed by atoms with Crippen molar-refractivity contribution in [3.05, 3.63) is 39.4 Å². The van der Waals surface area contributed by atoms with Gasteiger partial charge >= 0.3 is 5.97 Å². The first-order valence-corrected chi connectivity index (χ1v) is 5.26. The Kier molecular flexibility index (Phi) is 4.54. The van der Waals surface area contributed by atoms with Gasteiger partial charge in [-0.25, -0.2) is 4.79 Å². The number of nitro benzene ring substituents is 1. The molecule has 0 spiro atoms. The van der Waals surface area contributed by atoms with Crippen LogP contribution in [-0.2, 0) is 4.79 Å². The number of aliphatic hydroxyl groups is 1. The molecule has 1 atom stereocenters. The highest BCUT2D eigenvalue weighted by molar-refractivity contribution is 5.97. The van der Waals surface area contributed by atoms with Crippen molar-refractivity contribution in [1.29, 1.82) is 0 Å². The number of nitrogens with zero attached hydrogens (tertiary/aromatic N) is 1. The number of aliphatic carboxylic acids is 1. The van der Waals surface area contributed by atoms with Gasteiger partial charge in [-0.3, -0.25) is 14.9 Å². The fourth-order valence-electron chi connectivity index (χ4n) is 1.37. The summed E-state index contributed by atoms with van der Waals surface area (Å²) in [7, 11) is 0. The number of rotatable bonds is 5. The van der Waals surface area contributed by atoms with Gasteiger partial charge in [-0.05, 0) is 13.0 Å². The molecule has 0 aliphatic carbocycles. The van der Waals surface area contributed by atoms with Crippen molar-refractivity contribution in [3.8, 4) is 0 Å². The fraction of sp³-hybridized carbons (Fsp3) is 0.273. The molecule has 1 rings (SSSR count). The molecule has 8 heteroatoms. The summed E-state index contributed by atoms with van der Waals surface area (Å²) in [5, 5.41) is 30.2. The summed E-state index contributed by atoms with van der Waals surface area (Å²) in [6.07, 6.45) is 0. The van der Waals surface area contributed by atoms with Crippen molar-refractivity contribution in [2.45, 2.75) is 13.0 Å². The number of carbonyl (C=O) groups excluding carboxylic acids is 1. The van der Waals surface area contributed by atoms with Crippen LogP contribution in [0.5, 0.6) is 0 Å². The number of carbonyl (C=O) groups is 2. The largest absolute Gasteiger partial charge is 0.480 e. The molecule has 3 N–H and O–H groups in total. The van der Waals surface area contributed by atoms with Crippen molar-refractivity contribution >= 4 is 17.6 Å². The van der Waals surface area contributed by atoms with Gasteiger partial charge in [-0.2, -0.15) is 0 Å². The molecule has 0 aliphatic heterocycles. The Bertz CT molecular complexity index is 528. The zero-order valence-electron chi connectivity index (χ0n) is 9.99. The predicted octanol–water partition coefficient (Wildman–Crippen LogP) is 0.0785. The molecule has 0 saturated heterocycles. The quantitative estimate of drug-likeness (QED) is 0.512. The van der Waals surface area contributed by atoms with Crippen LogP contribution in [0.15, 0.2) is 18.2 Å². The molecule has 1 aromatic carbocycles. The Hall–Kier alpha value is -2.48. The van der Waals surface area contributed by atoms with Crippen LogP contribution in [-0.4, -0.2) is 39.7 Å². The van der Waals surface area contributed by atoms with Crippen LogP contribution in [0.4, 0.5) is 5.69 Å². The molecule has 0 aromatic heterocycles. The van der Waals surface area contributed by atoms with Gasteiger partial charge in [0.25, 0.3) is 11.6 Å². The van der Waals surface area contributed by atoms with Crippen LogP contribution < -0.4 is 5.32 Å². The lowest BCUT2D eigenvalue weighted by molar-refractivity contribution is -0.385. The van der Waals surface area contributed by atoms with Crippen molar-refractivity contribution in [1.82, 2.24) is 5.32 Å². The number of nitrogens with one attached hydrogen (secondary N) is 1. The third-order valence-corrected chi connectivity index (χ3v) is 2.45. The Morgan fingerprint density at radius 3 is 2.58 bits per heavy atom. The maximum absolute atomic E-state index is 11.7. The van der Waals surface area contributed by atoms with Crippen LogP contribution in [0.3, 0.4) is 0 Å². The fourth-order valence-corrected chi connectivity index (χ4v) is 1.37. The summed E-state index contributed by atoms with van der Waals surface area (Å²) in [5.41, 5.74) is 0.110. The number of amides is 1. The topological polar surface area (TPSA) is 130 Å². The molecular weight excluding hydrogens is 256 g/mol. The number of hydrogen-bond acceptors (Lipinski definition) is 5. The van der Waals surface area contributed by atoms with Crippen molar-refractivity contribution in [2.75, 3.05) is 6.61 Å². The minimum absolute atomic E-state index is 0.0444. The van der Waals surface area contributed by atoms with Crippen LogP contribution in [0, 0.1) is 17.0 Å². The highest BCUT2D eigenvalue weighted by Gasteiger charge is 2.21. The Labute approximate surface area is 107 Å². The lowest BCUT2D eigenvalue weighted by Crippen LogP contribution is -2.43. The number of carboxylic acid groups (broad SMARTS) is 1. The van der Waals surface area contributed by atoms with Crippen molar-refractivity contribution in [3.63, 3.8) is 0 Å². The molecule has 0 heterocycles. The molecule has 1 aromatic rings. The number of hydrogen-bond donors (Lipinski definition) is 3. The van der Waals surface area contributed by atoms with E-state index in [9.17, 15) is 19.7 Å². The van der Waals surface area contributed by atoms with E-state index in [2.05, 4.69) is 5.32 Å². The summed E-state index contributed by atoms with van der Waals surface area (Å²) >= 11 is 0. The Morgan fingerprint density at radius 2 is 2.11 bits per heavy atom. The first-order chi connectivity index (χ1) is 8.86. The normalized spacial score (nSPS) is 11.7. The smallest absolute Gasteiger partial charge is 0.328 e.